The zero-order valence-electron chi connectivity index (χ0n) is 17.2. The number of hydrogen-bond acceptors (Lipinski definition) is 4. The number of carbonyl (C=O) groups excluding carboxylic acids is 2. The minimum Gasteiger partial charge on any atom is -0.435 e. The van der Waals surface area contributed by atoms with E-state index in [-0.39, 0.29) is 12.8 Å². The van der Waals surface area contributed by atoms with Crippen LogP contribution in [0.2, 0.25) is 0 Å². The van der Waals surface area contributed by atoms with Crippen LogP contribution in [0.4, 0.5) is 0 Å². The third-order valence-electron chi connectivity index (χ3n) is 3.50. The van der Waals surface area contributed by atoms with Gasteiger partial charge in [0.2, 0.25) is 0 Å². The Kier molecular flexibility index (Phi) is 13.0. The highest BCUT2D eigenvalue weighted by Crippen LogP contribution is 2.09. The third kappa shape index (κ3) is 15.4. The average molecular weight is 363 g/mol. The quantitative estimate of drug-likeness (QED) is 0.251. The van der Waals surface area contributed by atoms with Crippen molar-refractivity contribution in [2.24, 2.45) is 0 Å². The van der Waals surface area contributed by atoms with Gasteiger partial charge in [-0.25, -0.2) is 0 Å². The van der Waals surface area contributed by atoms with Gasteiger partial charge in [-0.3, -0.25) is 9.59 Å². The van der Waals surface area contributed by atoms with Crippen LogP contribution in [0.3, 0.4) is 0 Å². The van der Waals surface area contributed by atoms with Crippen molar-refractivity contribution in [3.8, 4) is 0 Å². The van der Waals surface area contributed by atoms with Gasteiger partial charge in [0.15, 0.2) is 0 Å². The molecular weight excluding hydrogens is 328 g/mol. The molecule has 0 rings (SSSR count). The maximum Gasteiger partial charge on any atom is 0.311 e. The van der Waals surface area contributed by atoms with Crippen molar-refractivity contribution in [2.45, 2.75) is 80.1 Å². The molecule has 4 heteroatoms. The second-order valence-corrected chi connectivity index (χ2v) is 7.05. The summed E-state index contributed by atoms with van der Waals surface area (Å²) >= 11 is 0. The van der Waals surface area contributed by atoms with E-state index >= 15 is 0 Å². The Morgan fingerprint density at radius 3 is 1.27 bits per heavy atom. The van der Waals surface area contributed by atoms with Gasteiger partial charge in [-0.1, -0.05) is 23.3 Å². The predicted octanol–water partition coefficient (Wildman–Crippen LogP) is 6.15. The number of ether oxygens (including phenoxy) is 2. The second kappa shape index (κ2) is 14.1. The van der Waals surface area contributed by atoms with Crippen LogP contribution in [0, 0.1) is 0 Å². The monoisotopic (exact) mass is 362 g/mol. The molecule has 0 aliphatic heterocycles. The lowest BCUT2D eigenvalue weighted by Crippen LogP contribution is -2.06. The first-order chi connectivity index (χ1) is 12.2. The van der Waals surface area contributed by atoms with Gasteiger partial charge >= 0.3 is 11.9 Å². The van der Waals surface area contributed by atoms with E-state index in [0.717, 1.165) is 36.8 Å². The predicted molar refractivity (Wildman–Crippen MR) is 106 cm³/mol. The van der Waals surface area contributed by atoms with Crippen LogP contribution in [0.25, 0.3) is 0 Å². The summed E-state index contributed by atoms with van der Waals surface area (Å²) in [7, 11) is 0. The van der Waals surface area contributed by atoms with E-state index in [1.807, 2.05) is 13.8 Å². The first-order valence-corrected chi connectivity index (χ1v) is 9.17. The zero-order chi connectivity index (χ0) is 19.9. The normalized spacial score (nSPS) is 11.6. The summed E-state index contributed by atoms with van der Waals surface area (Å²) in [5.41, 5.74) is 4.53. The van der Waals surface area contributed by atoms with Crippen LogP contribution in [0.15, 0.2) is 47.0 Å². The highest BCUT2D eigenvalue weighted by Gasteiger charge is 2.08. The topological polar surface area (TPSA) is 52.6 Å². The molecule has 0 radical (unpaired) electrons. The van der Waals surface area contributed by atoms with Crippen molar-refractivity contribution in [1.29, 1.82) is 0 Å². The highest BCUT2D eigenvalue weighted by molar-refractivity contribution is 5.78. The van der Waals surface area contributed by atoms with Crippen LogP contribution in [0.5, 0.6) is 0 Å². The van der Waals surface area contributed by atoms with Crippen molar-refractivity contribution >= 4 is 11.9 Å². The van der Waals surface area contributed by atoms with Gasteiger partial charge in [0.1, 0.15) is 0 Å². The number of esters is 2. The average Bonchev–Trinajstić information content (AvgIpc) is 2.55. The molecule has 0 spiro atoms. The second-order valence-electron chi connectivity index (χ2n) is 7.05. The van der Waals surface area contributed by atoms with Crippen molar-refractivity contribution < 1.29 is 19.1 Å². The van der Waals surface area contributed by atoms with Gasteiger partial charge in [-0.2, -0.15) is 0 Å². The van der Waals surface area contributed by atoms with Gasteiger partial charge in [0.05, 0.1) is 25.4 Å². The Labute approximate surface area is 158 Å². The Morgan fingerprint density at radius 2 is 0.962 bits per heavy atom. The molecule has 0 fully saturated rings. The maximum atomic E-state index is 11.7. The van der Waals surface area contributed by atoms with Crippen molar-refractivity contribution in [1.82, 2.24) is 0 Å². The molecule has 0 aromatic rings. The summed E-state index contributed by atoms with van der Waals surface area (Å²) in [6, 6.07) is 0. The van der Waals surface area contributed by atoms with Crippen LogP contribution >= 0.6 is 0 Å². The van der Waals surface area contributed by atoms with E-state index in [2.05, 4.69) is 39.8 Å². The van der Waals surface area contributed by atoms with Gasteiger partial charge in [-0.05, 0) is 78.4 Å². The summed E-state index contributed by atoms with van der Waals surface area (Å²) in [6.07, 6.45) is 10.8. The molecule has 0 unspecified atom stereocenters. The van der Waals surface area contributed by atoms with Crippen LogP contribution in [-0.4, -0.2) is 11.9 Å². The van der Waals surface area contributed by atoms with Crippen molar-refractivity contribution in [3.63, 3.8) is 0 Å². The van der Waals surface area contributed by atoms with E-state index < -0.39 is 11.9 Å². The van der Waals surface area contributed by atoms with E-state index in [1.54, 1.807) is 0 Å². The molecule has 0 bridgehead atoms. The lowest BCUT2D eigenvalue weighted by molar-refractivity contribution is -0.144. The molecule has 0 amide bonds. The fourth-order valence-corrected chi connectivity index (χ4v) is 1.95. The van der Waals surface area contributed by atoms with Crippen molar-refractivity contribution in [2.75, 3.05) is 0 Å². The smallest absolute Gasteiger partial charge is 0.311 e. The highest BCUT2D eigenvalue weighted by atomic mass is 16.5. The fraction of sp³-hybridized carbons (Fsp3) is 0.545. The molecule has 0 saturated carbocycles. The Balaban J connectivity index is 4.05. The first-order valence-electron chi connectivity index (χ1n) is 9.17. The zero-order valence-corrected chi connectivity index (χ0v) is 17.2. The molecular formula is C22H34O4. The molecule has 4 nitrogen and oxygen atoms in total. The molecule has 0 saturated heterocycles. The van der Waals surface area contributed by atoms with Crippen molar-refractivity contribution in [3.05, 3.63) is 47.0 Å². The molecule has 0 aromatic carbocycles. The van der Waals surface area contributed by atoms with Crippen LogP contribution < -0.4 is 0 Å². The Bertz CT molecular complexity index is 517. The largest absolute Gasteiger partial charge is 0.435 e. The molecule has 0 aliphatic rings. The summed E-state index contributed by atoms with van der Waals surface area (Å²) in [5, 5.41) is 0. The summed E-state index contributed by atoms with van der Waals surface area (Å²) in [5.74, 6) is -0.847. The summed E-state index contributed by atoms with van der Waals surface area (Å²) in [4.78, 5) is 23.3. The fourth-order valence-electron chi connectivity index (χ4n) is 1.95. The van der Waals surface area contributed by atoms with E-state index in [0.29, 0.717) is 0 Å². The lowest BCUT2D eigenvalue weighted by Gasteiger charge is -2.03. The third-order valence-corrected chi connectivity index (χ3v) is 3.50. The SMILES string of the molecule is CC(C)=CCCC(C)=COC(=O)CCC(=O)OC=C(C)CCC=C(C)C. The maximum absolute atomic E-state index is 11.7. The molecule has 0 aromatic heterocycles. The minimum atomic E-state index is -0.423. The number of allylic oxidation sites excluding steroid dienone is 6. The lowest BCUT2D eigenvalue weighted by atomic mass is 10.1. The van der Waals surface area contributed by atoms with E-state index in [4.69, 9.17) is 9.47 Å². The summed E-state index contributed by atoms with van der Waals surface area (Å²) < 4.78 is 10.1. The van der Waals surface area contributed by atoms with Crippen LogP contribution in [-0.2, 0) is 19.1 Å². The van der Waals surface area contributed by atoms with Gasteiger partial charge in [-0.15, -0.1) is 0 Å². The molecule has 26 heavy (non-hydrogen) atoms. The Hall–Kier alpha value is -2.10. The van der Waals surface area contributed by atoms with Crippen LogP contribution in [0.1, 0.15) is 80.1 Å². The number of carbonyl (C=O) groups is 2. The minimum absolute atomic E-state index is 0.0151. The number of rotatable bonds is 11. The van der Waals surface area contributed by atoms with Gasteiger partial charge < -0.3 is 9.47 Å². The molecule has 0 N–H and O–H groups in total. The Morgan fingerprint density at radius 1 is 0.615 bits per heavy atom. The molecule has 0 atom stereocenters. The van der Waals surface area contributed by atoms with E-state index in [9.17, 15) is 9.59 Å². The van der Waals surface area contributed by atoms with E-state index in [1.165, 1.54) is 23.7 Å². The first kappa shape index (κ1) is 23.9. The molecule has 0 aliphatic carbocycles. The summed E-state index contributed by atoms with van der Waals surface area (Å²) in [6.45, 7) is 12.1. The van der Waals surface area contributed by atoms with Gasteiger partial charge in [0, 0.05) is 0 Å². The number of hydrogen-bond donors (Lipinski definition) is 0. The van der Waals surface area contributed by atoms with Gasteiger partial charge in [0.25, 0.3) is 0 Å². The molecule has 146 valence electrons. The standard InChI is InChI=1S/C22H34O4/c1-17(2)9-7-11-19(5)15-25-21(23)13-14-22(24)26-16-20(6)12-8-10-18(3)4/h9-10,15-16H,7-8,11-14H2,1-6H3. The molecule has 0 heterocycles.